The second kappa shape index (κ2) is 8.45. The molecule has 0 fully saturated rings. The highest BCUT2D eigenvalue weighted by atomic mass is 16.4. The summed E-state index contributed by atoms with van der Waals surface area (Å²) in [6.45, 7) is 4.51. The molecule has 0 saturated carbocycles. The SMILES string of the molecule is CC1(C)CC=C(C#Cc2cccnc2)c2cc(C=Cc3ccc(C(=O)O)cc3)ccc21. The van der Waals surface area contributed by atoms with E-state index in [9.17, 15) is 4.79 Å². The molecule has 1 aliphatic rings. The Morgan fingerprint density at radius 2 is 1.77 bits per heavy atom. The van der Waals surface area contributed by atoms with Crippen molar-refractivity contribution >= 4 is 23.7 Å². The number of carboxylic acid groups (broad SMARTS) is 1. The molecule has 152 valence electrons. The Kier molecular flexibility index (Phi) is 5.56. The maximum Gasteiger partial charge on any atom is 0.335 e. The monoisotopic (exact) mass is 405 g/mol. The lowest BCUT2D eigenvalue weighted by Crippen LogP contribution is -2.21. The molecule has 1 N–H and O–H groups in total. The number of aromatic nitrogens is 1. The van der Waals surface area contributed by atoms with E-state index in [0.29, 0.717) is 0 Å². The number of nitrogens with zero attached hydrogens (tertiary/aromatic N) is 1. The zero-order chi connectivity index (χ0) is 21.8. The fourth-order valence-corrected chi connectivity index (χ4v) is 3.68. The van der Waals surface area contributed by atoms with Gasteiger partial charge in [0.2, 0.25) is 0 Å². The van der Waals surface area contributed by atoms with E-state index in [4.69, 9.17) is 5.11 Å². The molecular formula is C28H23NO2. The Bertz CT molecular complexity index is 1240. The highest BCUT2D eigenvalue weighted by molar-refractivity contribution is 5.88. The predicted molar refractivity (Wildman–Crippen MR) is 126 cm³/mol. The molecule has 0 radical (unpaired) electrons. The molecule has 0 amide bonds. The second-order valence-corrected chi connectivity index (χ2v) is 8.26. The number of carboxylic acids is 1. The zero-order valence-electron chi connectivity index (χ0n) is 17.6. The fourth-order valence-electron chi connectivity index (χ4n) is 3.68. The summed E-state index contributed by atoms with van der Waals surface area (Å²) >= 11 is 0. The largest absolute Gasteiger partial charge is 0.478 e. The molecule has 2 aromatic carbocycles. The van der Waals surface area contributed by atoms with Gasteiger partial charge in [-0.15, -0.1) is 0 Å². The molecule has 0 bridgehead atoms. The van der Waals surface area contributed by atoms with Gasteiger partial charge in [-0.2, -0.15) is 0 Å². The van der Waals surface area contributed by atoms with Gasteiger partial charge >= 0.3 is 5.97 Å². The first kappa shape index (κ1) is 20.4. The highest BCUT2D eigenvalue weighted by Gasteiger charge is 2.27. The molecule has 3 nitrogen and oxygen atoms in total. The quantitative estimate of drug-likeness (QED) is 0.425. The molecule has 1 aromatic heterocycles. The van der Waals surface area contributed by atoms with E-state index in [-0.39, 0.29) is 11.0 Å². The molecule has 1 aliphatic carbocycles. The molecule has 31 heavy (non-hydrogen) atoms. The van der Waals surface area contributed by atoms with Gasteiger partial charge in [0.1, 0.15) is 0 Å². The second-order valence-electron chi connectivity index (χ2n) is 8.26. The fraction of sp³-hybridized carbons (Fsp3) is 0.143. The number of benzene rings is 2. The first-order valence-corrected chi connectivity index (χ1v) is 10.2. The van der Waals surface area contributed by atoms with Crippen LogP contribution in [0.25, 0.3) is 17.7 Å². The van der Waals surface area contributed by atoms with E-state index in [0.717, 1.165) is 34.2 Å². The topological polar surface area (TPSA) is 50.2 Å². The van der Waals surface area contributed by atoms with E-state index >= 15 is 0 Å². The van der Waals surface area contributed by atoms with E-state index in [2.05, 4.69) is 54.9 Å². The standard InChI is InChI=1S/C28H23NO2/c1-28(2)16-15-23(11-9-22-4-3-17-29-19-22)25-18-21(10-14-26(25)28)6-5-20-7-12-24(13-8-20)27(30)31/h3-8,10,12-15,17-19H,16H2,1-2H3,(H,30,31). The number of fused-ring (bicyclic) bond motifs is 1. The summed E-state index contributed by atoms with van der Waals surface area (Å²) in [5, 5.41) is 9.04. The molecule has 0 aliphatic heterocycles. The van der Waals surface area contributed by atoms with Gasteiger partial charge in [0, 0.05) is 23.5 Å². The number of allylic oxidation sites excluding steroid dienone is 2. The first-order valence-electron chi connectivity index (χ1n) is 10.2. The highest BCUT2D eigenvalue weighted by Crippen LogP contribution is 2.39. The van der Waals surface area contributed by atoms with Gasteiger partial charge in [-0.3, -0.25) is 4.98 Å². The number of carbonyl (C=O) groups is 1. The summed E-state index contributed by atoms with van der Waals surface area (Å²) in [7, 11) is 0. The summed E-state index contributed by atoms with van der Waals surface area (Å²) in [6.07, 6.45) is 10.7. The van der Waals surface area contributed by atoms with Gasteiger partial charge in [-0.1, -0.05) is 68.2 Å². The van der Waals surface area contributed by atoms with Crippen LogP contribution in [0.4, 0.5) is 0 Å². The Morgan fingerprint density at radius 3 is 2.48 bits per heavy atom. The van der Waals surface area contributed by atoms with Crippen LogP contribution in [0.5, 0.6) is 0 Å². The summed E-state index contributed by atoms with van der Waals surface area (Å²) in [5.41, 5.74) is 6.78. The van der Waals surface area contributed by atoms with Crippen molar-refractivity contribution in [2.75, 3.05) is 0 Å². The Balaban J connectivity index is 1.65. The normalized spacial score (nSPS) is 14.3. The van der Waals surface area contributed by atoms with Crippen LogP contribution in [0, 0.1) is 11.8 Å². The number of hydrogen-bond acceptors (Lipinski definition) is 2. The lowest BCUT2D eigenvalue weighted by Gasteiger charge is -2.31. The van der Waals surface area contributed by atoms with Gasteiger partial charge in [0.05, 0.1) is 5.56 Å². The molecule has 4 rings (SSSR count). The molecule has 3 aromatic rings. The summed E-state index contributed by atoms with van der Waals surface area (Å²) in [5.74, 6) is 5.65. The Hall–Kier alpha value is -3.90. The van der Waals surface area contributed by atoms with Crippen LogP contribution in [0.15, 0.2) is 73.1 Å². The van der Waals surface area contributed by atoms with Gasteiger partial charge in [-0.05, 0) is 64.4 Å². The van der Waals surface area contributed by atoms with Crippen molar-refractivity contribution in [1.82, 2.24) is 4.98 Å². The molecule has 0 saturated heterocycles. The maximum absolute atomic E-state index is 11.0. The Labute approximate surface area is 182 Å². The van der Waals surface area contributed by atoms with Crippen molar-refractivity contribution in [2.45, 2.75) is 25.7 Å². The number of aromatic carboxylic acids is 1. The van der Waals surface area contributed by atoms with Gasteiger partial charge in [0.25, 0.3) is 0 Å². The zero-order valence-corrected chi connectivity index (χ0v) is 17.6. The van der Waals surface area contributed by atoms with Crippen LogP contribution in [0.2, 0.25) is 0 Å². The molecule has 0 spiro atoms. The smallest absolute Gasteiger partial charge is 0.335 e. The minimum Gasteiger partial charge on any atom is -0.478 e. The predicted octanol–water partition coefficient (Wildman–Crippen LogP) is 6.07. The van der Waals surface area contributed by atoms with Crippen molar-refractivity contribution < 1.29 is 9.90 Å². The van der Waals surface area contributed by atoms with Gasteiger partial charge < -0.3 is 5.11 Å². The molecular weight excluding hydrogens is 382 g/mol. The van der Waals surface area contributed by atoms with Crippen molar-refractivity contribution in [3.05, 3.63) is 106 Å². The minimum atomic E-state index is -0.917. The van der Waals surface area contributed by atoms with Crippen LogP contribution in [0.3, 0.4) is 0 Å². The maximum atomic E-state index is 11.0. The third kappa shape index (κ3) is 4.65. The number of pyridine rings is 1. The van der Waals surface area contributed by atoms with Crippen molar-refractivity contribution in [3.63, 3.8) is 0 Å². The summed E-state index contributed by atoms with van der Waals surface area (Å²) < 4.78 is 0. The van der Waals surface area contributed by atoms with E-state index in [1.165, 1.54) is 5.56 Å². The Morgan fingerprint density at radius 1 is 1.03 bits per heavy atom. The van der Waals surface area contributed by atoms with Crippen LogP contribution >= 0.6 is 0 Å². The average Bonchev–Trinajstić information content (AvgIpc) is 2.78. The van der Waals surface area contributed by atoms with E-state index in [1.54, 1.807) is 24.5 Å². The van der Waals surface area contributed by atoms with Gasteiger partial charge in [0.15, 0.2) is 0 Å². The third-order valence-electron chi connectivity index (χ3n) is 5.51. The van der Waals surface area contributed by atoms with Crippen LogP contribution in [0.1, 0.15) is 58.4 Å². The lowest BCUT2D eigenvalue weighted by atomic mass is 9.73. The van der Waals surface area contributed by atoms with Crippen LogP contribution in [-0.2, 0) is 5.41 Å². The molecule has 1 heterocycles. The average molecular weight is 405 g/mol. The van der Waals surface area contributed by atoms with Crippen molar-refractivity contribution in [1.29, 1.82) is 0 Å². The summed E-state index contributed by atoms with van der Waals surface area (Å²) in [6, 6.07) is 17.2. The minimum absolute atomic E-state index is 0.0592. The van der Waals surface area contributed by atoms with Crippen molar-refractivity contribution in [3.8, 4) is 11.8 Å². The molecule has 0 atom stereocenters. The molecule has 3 heteroatoms. The van der Waals surface area contributed by atoms with Gasteiger partial charge in [-0.25, -0.2) is 4.79 Å². The van der Waals surface area contributed by atoms with Crippen molar-refractivity contribution in [2.24, 2.45) is 0 Å². The van der Waals surface area contributed by atoms with E-state index < -0.39 is 5.97 Å². The lowest BCUT2D eigenvalue weighted by molar-refractivity contribution is 0.0697. The van der Waals surface area contributed by atoms with Crippen LogP contribution in [-0.4, -0.2) is 16.1 Å². The third-order valence-corrected chi connectivity index (χ3v) is 5.51. The number of rotatable bonds is 3. The van der Waals surface area contributed by atoms with E-state index in [1.807, 2.05) is 36.4 Å². The molecule has 0 unspecified atom stereocenters. The number of hydrogen-bond donors (Lipinski definition) is 1. The van der Waals surface area contributed by atoms with Crippen LogP contribution < -0.4 is 0 Å². The summed E-state index contributed by atoms with van der Waals surface area (Å²) in [4.78, 5) is 15.2. The first-order chi connectivity index (χ1) is 14.9.